The highest BCUT2D eigenvalue weighted by molar-refractivity contribution is 5.90. The molecule has 0 spiro atoms. The highest BCUT2D eigenvalue weighted by Gasteiger charge is 2.05. The van der Waals surface area contributed by atoms with Crippen LogP contribution in [0.25, 0.3) is 27.2 Å². The third-order valence-electron chi connectivity index (χ3n) is 4.73. The van der Waals surface area contributed by atoms with Gasteiger partial charge in [0.15, 0.2) is 0 Å². The molecule has 0 aliphatic carbocycles. The van der Waals surface area contributed by atoms with Crippen molar-refractivity contribution >= 4 is 33.1 Å². The minimum Gasteiger partial charge on any atom is -0.326 e. The number of hydrogen-bond donors (Lipinski definition) is 1. The number of amides is 1. The van der Waals surface area contributed by atoms with Gasteiger partial charge in [-0.1, -0.05) is 84.9 Å². The molecule has 4 rings (SSSR count). The second kappa shape index (κ2) is 7.46. The van der Waals surface area contributed by atoms with E-state index in [0.717, 1.165) is 23.1 Å². The van der Waals surface area contributed by atoms with E-state index in [1.54, 1.807) is 6.92 Å². The molecule has 0 heterocycles. The number of nitrogens with one attached hydrogen (secondary N) is 1. The summed E-state index contributed by atoms with van der Waals surface area (Å²) in [7, 11) is 0. The number of carbonyl (C=O) groups excluding carboxylic acids is 1. The summed E-state index contributed by atoms with van der Waals surface area (Å²) in [5, 5.41) is 7.82. The highest BCUT2D eigenvalue weighted by atomic mass is 16.1. The summed E-state index contributed by atoms with van der Waals surface area (Å²) in [6.07, 6.45) is 2.85. The maximum absolute atomic E-state index is 11.7. The average molecular weight is 351 g/mol. The van der Waals surface area contributed by atoms with E-state index in [-0.39, 0.29) is 5.91 Å². The van der Waals surface area contributed by atoms with Crippen LogP contribution in [0.1, 0.15) is 18.1 Å². The summed E-state index contributed by atoms with van der Waals surface area (Å²) < 4.78 is 0. The molecule has 0 radical (unpaired) electrons. The summed E-state index contributed by atoms with van der Waals surface area (Å²) in [4.78, 5) is 11.7. The van der Waals surface area contributed by atoms with Crippen LogP contribution in [-0.2, 0) is 11.2 Å². The lowest BCUT2D eigenvalue weighted by Crippen LogP contribution is -2.18. The van der Waals surface area contributed by atoms with Crippen LogP contribution in [0.4, 0.5) is 0 Å². The van der Waals surface area contributed by atoms with E-state index >= 15 is 0 Å². The predicted octanol–water partition coefficient (Wildman–Crippen LogP) is 5.71. The molecule has 0 unspecified atom stereocenters. The van der Waals surface area contributed by atoms with Gasteiger partial charge in [-0.05, 0) is 45.2 Å². The van der Waals surface area contributed by atoms with Crippen LogP contribution in [0.3, 0.4) is 0 Å². The van der Waals surface area contributed by atoms with Gasteiger partial charge in [0, 0.05) is 12.6 Å². The lowest BCUT2D eigenvalue weighted by molar-refractivity contribution is -0.117. The van der Waals surface area contributed by atoms with Crippen molar-refractivity contribution < 1.29 is 4.79 Å². The SMILES string of the molecule is CC(=O)N/C(=C\Cc1ccc2ccccc2c1)c1ccc2ccccc2c1. The molecule has 0 aromatic heterocycles. The number of rotatable bonds is 4. The fourth-order valence-electron chi connectivity index (χ4n) is 3.37. The Hall–Kier alpha value is -3.39. The van der Waals surface area contributed by atoms with Crippen molar-refractivity contribution in [1.29, 1.82) is 0 Å². The molecule has 2 heteroatoms. The van der Waals surface area contributed by atoms with Crippen molar-refractivity contribution in [1.82, 2.24) is 5.32 Å². The molecule has 0 aliphatic heterocycles. The Kier molecular flexibility index (Phi) is 4.71. The van der Waals surface area contributed by atoms with Crippen molar-refractivity contribution in [2.24, 2.45) is 0 Å². The van der Waals surface area contributed by atoms with E-state index < -0.39 is 0 Å². The van der Waals surface area contributed by atoms with Crippen LogP contribution in [0, 0.1) is 0 Å². The number of allylic oxidation sites excluding steroid dienone is 1. The first-order valence-corrected chi connectivity index (χ1v) is 9.14. The fraction of sp³-hybridized carbons (Fsp3) is 0.0800. The topological polar surface area (TPSA) is 29.1 Å². The van der Waals surface area contributed by atoms with Crippen LogP contribution in [0.2, 0.25) is 0 Å². The van der Waals surface area contributed by atoms with Gasteiger partial charge in [-0.2, -0.15) is 0 Å². The third-order valence-corrected chi connectivity index (χ3v) is 4.73. The Bertz CT molecular complexity index is 1160. The maximum Gasteiger partial charge on any atom is 0.221 e. The summed E-state index contributed by atoms with van der Waals surface area (Å²) in [6, 6.07) is 29.4. The summed E-state index contributed by atoms with van der Waals surface area (Å²) in [6.45, 7) is 1.55. The minimum atomic E-state index is -0.0621. The molecular formula is C25H21NO. The number of benzene rings is 4. The van der Waals surface area contributed by atoms with E-state index in [1.165, 1.54) is 21.7 Å². The van der Waals surface area contributed by atoms with Gasteiger partial charge in [0.2, 0.25) is 5.91 Å². The van der Waals surface area contributed by atoms with Crippen molar-refractivity contribution in [3.8, 4) is 0 Å². The van der Waals surface area contributed by atoms with Gasteiger partial charge in [0.05, 0.1) is 0 Å². The van der Waals surface area contributed by atoms with Gasteiger partial charge < -0.3 is 5.32 Å². The second-order valence-corrected chi connectivity index (χ2v) is 6.75. The standard InChI is InChI=1S/C25H21NO/c1-18(27)26-25(24-14-13-21-7-3-5-9-23(21)17-24)15-11-19-10-12-20-6-2-4-8-22(20)16-19/h2-10,12-17H,11H2,1H3,(H,26,27)/b25-15-. The first-order valence-electron chi connectivity index (χ1n) is 9.14. The summed E-state index contributed by atoms with van der Waals surface area (Å²) >= 11 is 0. The average Bonchev–Trinajstić information content (AvgIpc) is 2.70. The van der Waals surface area contributed by atoms with Gasteiger partial charge in [-0.25, -0.2) is 0 Å². The summed E-state index contributed by atoms with van der Waals surface area (Å²) in [5.41, 5.74) is 3.09. The van der Waals surface area contributed by atoms with Crippen LogP contribution in [-0.4, -0.2) is 5.91 Å². The first kappa shape index (κ1) is 17.0. The molecule has 1 N–H and O–H groups in total. The molecule has 132 valence electrons. The molecule has 0 fully saturated rings. The first-order chi connectivity index (χ1) is 13.2. The lowest BCUT2D eigenvalue weighted by Gasteiger charge is -2.10. The normalized spacial score (nSPS) is 11.7. The highest BCUT2D eigenvalue weighted by Crippen LogP contribution is 2.21. The number of hydrogen-bond acceptors (Lipinski definition) is 1. The third kappa shape index (κ3) is 3.90. The molecule has 0 bridgehead atoms. The zero-order chi connectivity index (χ0) is 18.6. The fourth-order valence-corrected chi connectivity index (χ4v) is 3.37. The van der Waals surface area contributed by atoms with Crippen molar-refractivity contribution in [2.75, 3.05) is 0 Å². The quantitative estimate of drug-likeness (QED) is 0.501. The van der Waals surface area contributed by atoms with Gasteiger partial charge >= 0.3 is 0 Å². The number of fused-ring (bicyclic) bond motifs is 2. The Morgan fingerprint density at radius 2 is 1.37 bits per heavy atom. The van der Waals surface area contributed by atoms with Crippen molar-refractivity contribution in [3.05, 3.63) is 102 Å². The van der Waals surface area contributed by atoms with Crippen LogP contribution < -0.4 is 5.32 Å². The van der Waals surface area contributed by atoms with E-state index in [2.05, 4.69) is 84.2 Å². The zero-order valence-corrected chi connectivity index (χ0v) is 15.3. The Morgan fingerprint density at radius 3 is 2.04 bits per heavy atom. The molecule has 0 saturated heterocycles. The molecule has 4 aromatic carbocycles. The van der Waals surface area contributed by atoms with Gasteiger partial charge in [0.1, 0.15) is 0 Å². The summed E-state index contributed by atoms with van der Waals surface area (Å²) in [5.74, 6) is -0.0621. The van der Waals surface area contributed by atoms with E-state index in [9.17, 15) is 4.79 Å². The largest absolute Gasteiger partial charge is 0.326 e. The zero-order valence-electron chi connectivity index (χ0n) is 15.3. The maximum atomic E-state index is 11.7. The number of carbonyl (C=O) groups is 1. The minimum absolute atomic E-state index is 0.0621. The van der Waals surface area contributed by atoms with E-state index in [4.69, 9.17) is 0 Å². The Balaban J connectivity index is 1.68. The van der Waals surface area contributed by atoms with Crippen molar-refractivity contribution in [3.63, 3.8) is 0 Å². The lowest BCUT2D eigenvalue weighted by atomic mass is 10.0. The van der Waals surface area contributed by atoms with Gasteiger partial charge in [-0.15, -0.1) is 0 Å². The smallest absolute Gasteiger partial charge is 0.221 e. The van der Waals surface area contributed by atoms with Crippen LogP contribution in [0.5, 0.6) is 0 Å². The second-order valence-electron chi connectivity index (χ2n) is 6.75. The Labute approximate surface area is 159 Å². The van der Waals surface area contributed by atoms with E-state index in [1.807, 2.05) is 12.1 Å². The van der Waals surface area contributed by atoms with Crippen molar-refractivity contribution in [2.45, 2.75) is 13.3 Å². The molecular weight excluding hydrogens is 330 g/mol. The molecule has 0 aliphatic rings. The van der Waals surface area contributed by atoms with Gasteiger partial charge in [0.25, 0.3) is 0 Å². The molecule has 0 atom stereocenters. The molecule has 27 heavy (non-hydrogen) atoms. The molecule has 1 amide bonds. The molecule has 4 aromatic rings. The monoisotopic (exact) mass is 351 g/mol. The van der Waals surface area contributed by atoms with Gasteiger partial charge in [-0.3, -0.25) is 4.79 Å². The Morgan fingerprint density at radius 1 is 0.778 bits per heavy atom. The molecule has 2 nitrogen and oxygen atoms in total. The van der Waals surface area contributed by atoms with Crippen LogP contribution >= 0.6 is 0 Å². The van der Waals surface area contributed by atoms with Crippen LogP contribution in [0.15, 0.2) is 91.0 Å². The molecule has 0 saturated carbocycles. The van der Waals surface area contributed by atoms with E-state index in [0.29, 0.717) is 0 Å². The predicted molar refractivity (Wildman–Crippen MR) is 113 cm³/mol.